The summed E-state index contributed by atoms with van der Waals surface area (Å²) < 4.78 is 78.5. The molecule has 0 saturated carbocycles. The highest BCUT2D eigenvalue weighted by Gasteiger charge is 2.36. The van der Waals surface area contributed by atoms with Crippen molar-refractivity contribution in [3.63, 3.8) is 0 Å². The Bertz CT molecular complexity index is 1400. The lowest BCUT2D eigenvalue weighted by molar-refractivity contribution is -0.143. The number of anilines is 1. The number of hydrogen-bond acceptors (Lipinski definition) is 8. The number of imide groups is 1. The number of amides is 3. The number of aromatic nitrogens is 2. The topological polar surface area (TPSA) is 101 Å². The number of benzene rings is 2. The monoisotopic (exact) mass is 590 g/mol. The van der Waals surface area contributed by atoms with E-state index in [1.54, 1.807) is 12.1 Å². The third-order valence-corrected chi connectivity index (χ3v) is 7.60. The third-order valence-electron chi connectivity index (χ3n) is 4.75. The van der Waals surface area contributed by atoms with Crippen molar-refractivity contribution >= 4 is 63.1 Å². The van der Waals surface area contributed by atoms with Crippen LogP contribution in [0.5, 0.6) is 0 Å². The summed E-state index contributed by atoms with van der Waals surface area (Å²) in [4.78, 5) is 35.6. The molecule has 3 aromatic rings. The average molecular weight is 591 g/mol. The van der Waals surface area contributed by atoms with Crippen molar-refractivity contribution in [2.45, 2.75) is 22.4 Å². The zero-order chi connectivity index (χ0) is 27.7. The summed E-state index contributed by atoms with van der Waals surface area (Å²) >= 11 is 2.52. The average Bonchev–Trinajstić information content (AvgIpc) is 3.41. The van der Waals surface area contributed by atoms with Crippen molar-refractivity contribution in [2.24, 2.45) is 0 Å². The zero-order valence-corrected chi connectivity index (χ0v) is 20.9. The summed E-state index contributed by atoms with van der Waals surface area (Å²) in [6, 6.07) is 7.41. The fourth-order valence-electron chi connectivity index (χ4n) is 3.04. The van der Waals surface area contributed by atoms with Crippen LogP contribution in [0.3, 0.4) is 0 Å². The number of carbonyl (C=O) groups excluding carboxylic acids is 3. The fraction of sp³-hybridized carbons (Fsp3) is 0.136. The summed E-state index contributed by atoms with van der Waals surface area (Å²) in [7, 11) is 0. The lowest BCUT2D eigenvalue weighted by atomic mass is 10.1. The minimum absolute atomic E-state index is 0.0571. The molecule has 7 nitrogen and oxygen atoms in total. The van der Waals surface area contributed by atoms with Crippen LogP contribution >= 0.6 is 34.9 Å². The molecule has 0 spiro atoms. The minimum atomic E-state index is -4.95. The van der Waals surface area contributed by atoms with Gasteiger partial charge in [0.25, 0.3) is 17.1 Å². The van der Waals surface area contributed by atoms with E-state index < -0.39 is 40.5 Å². The van der Waals surface area contributed by atoms with Gasteiger partial charge < -0.3 is 0 Å². The molecule has 38 heavy (non-hydrogen) atoms. The minimum Gasteiger partial charge on any atom is -0.296 e. The van der Waals surface area contributed by atoms with E-state index in [0.29, 0.717) is 17.7 Å². The van der Waals surface area contributed by atoms with E-state index in [2.05, 4.69) is 20.8 Å². The number of halogens is 6. The molecule has 3 amide bonds. The number of thioether (sulfide) groups is 2. The van der Waals surface area contributed by atoms with E-state index in [0.717, 1.165) is 34.9 Å². The molecule has 0 unspecified atom stereocenters. The first-order valence-corrected chi connectivity index (χ1v) is 12.8. The summed E-state index contributed by atoms with van der Waals surface area (Å²) in [6.07, 6.45) is -8.40. The second-order valence-electron chi connectivity index (χ2n) is 7.50. The zero-order valence-electron chi connectivity index (χ0n) is 18.4. The second kappa shape index (κ2) is 10.8. The molecular formula is C22H12F6N4O3S3. The summed E-state index contributed by atoms with van der Waals surface area (Å²) in [6.45, 7) is 0. The van der Waals surface area contributed by atoms with Crippen molar-refractivity contribution in [3.05, 3.63) is 75.2 Å². The van der Waals surface area contributed by atoms with E-state index in [1.807, 2.05) is 0 Å². The van der Waals surface area contributed by atoms with Crippen molar-refractivity contribution in [3.8, 4) is 0 Å². The summed E-state index contributed by atoms with van der Waals surface area (Å²) in [5, 5.41) is 11.8. The molecular weight excluding hydrogens is 578 g/mol. The molecule has 1 aliphatic rings. The van der Waals surface area contributed by atoms with Crippen LogP contribution in [0, 0.1) is 0 Å². The second-order valence-corrected chi connectivity index (χ2v) is 10.7. The van der Waals surface area contributed by atoms with Crippen LogP contribution < -0.4 is 10.6 Å². The molecule has 0 aliphatic carbocycles. The van der Waals surface area contributed by atoms with Gasteiger partial charge in [0, 0.05) is 11.3 Å². The van der Waals surface area contributed by atoms with Gasteiger partial charge in [-0.05, 0) is 59.3 Å². The van der Waals surface area contributed by atoms with Crippen LogP contribution in [0.15, 0.2) is 51.7 Å². The SMILES string of the molecule is O=C1NC(=O)/C(=C/c2ccc(C(=O)Nc3nnc(SCc4cc(C(F)(F)F)cc(C(F)(F)F)c4)s3)cc2)S1. The van der Waals surface area contributed by atoms with E-state index in [-0.39, 0.29) is 37.3 Å². The van der Waals surface area contributed by atoms with Crippen molar-refractivity contribution in [1.29, 1.82) is 0 Å². The standard InChI is InChI=1S/C22H12F6N4O3S3/c23-21(24,25)13-5-11(6-14(8-13)22(26,27)28)9-36-20-32-31-18(38-20)29-16(33)12-3-1-10(2-4-12)7-15-17(34)30-19(35)37-15/h1-8H,9H2,(H,29,31,33)(H,30,34,35)/b15-7-. The lowest BCUT2D eigenvalue weighted by Gasteiger charge is -2.13. The maximum absolute atomic E-state index is 13.0. The van der Waals surface area contributed by atoms with E-state index in [1.165, 1.54) is 18.2 Å². The Morgan fingerprint density at radius 1 is 0.974 bits per heavy atom. The number of nitrogens with one attached hydrogen (secondary N) is 2. The molecule has 1 saturated heterocycles. The Morgan fingerprint density at radius 2 is 1.61 bits per heavy atom. The van der Waals surface area contributed by atoms with Gasteiger partial charge in [-0.2, -0.15) is 26.3 Å². The van der Waals surface area contributed by atoms with Gasteiger partial charge in [-0.25, -0.2) is 0 Å². The first-order chi connectivity index (χ1) is 17.8. The van der Waals surface area contributed by atoms with Crippen LogP contribution in [-0.4, -0.2) is 27.3 Å². The molecule has 1 aromatic heterocycles. The highest BCUT2D eigenvalue weighted by atomic mass is 32.2. The summed E-state index contributed by atoms with van der Waals surface area (Å²) in [5.74, 6) is -1.30. The molecule has 2 aromatic carbocycles. The number of rotatable bonds is 6. The number of alkyl halides is 6. The molecule has 1 fully saturated rings. The molecule has 2 heterocycles. The van der Waals surface area contributed by atoms with Crippen molar-refractivity contribution < 1.29 is 40.7 Å². The van der Waals surface area contributed by atoms with Crippen LogP contribution in [0.2, 0.25) is 0 Å². The van der Waals surface area contributed by atoms with Gasteiger partial charge in [0.2, 0.25) is 5.13 Å². The van der Waals surface area contributed by atoms with Crippen LogP contribution in [-0.2, 0) is 22.9 Å². The van der Waals surface area contributed by atoms with E-state index in [4.69, 9.17) is 0 Å². The van der Waals surface area contributed by atoms with Gasteiger partial charge >= 0.3 is 12.4 Å². The Balaban J connectivity index is 1.39. The van der Waals surface area contributed by atoms with Gasteiger partial charge in [-0.1, -0.05) is 35.2 Å². The van der Waals surface area contributed by atoms with Gasteiger partial charge in [-0.15, -0.1) is 10.2 Å². The quantitative estimate of drug-likeness (QED) is 0.147. The molecule has 0 atom stereocenters. The van der Waals surface area contributed by atoms with Crippen LogP contribution in [0.25, 0.3) is 6.08 Å². The Morgan fingerprint density at radius 3 is 2.16 bits per heavy atom. The van der Waals surface area contributed by atoms with Crippen LogP contribution in [0.1, 0.15) is 32.6 Å². The number of nitrogens with zero attached hydrogens (tertiary/aromatic N) is 2. The Kier molecular flexibility index (Phi) is 7.85. The van der Waals surface area contributed by atoms with E-state index in [9.17, 15) is 40.7 Å². The summed E-state index contributed by atoms with van der Waals surface area (Å²) in [5.41, 5.74) is -2.21. The molecule has 0 radical (unpaired) electrons. The number of carbonyl (C=O) groups is 3. The lowest BCUT2D eigenvalue weighted by Crippen LogP contribution is -2.17. The molecule has 2 N–H and O–H groups in total. The first-order valence-electron chi connectivity index (χ1n) is 10.2. The normalized spacial score (nSPS) is 15.2. The van der Waals surface area contributed by atoms with Crippen molar-refractivity contribution in [1.82, 2.24) is 15.5 Å². The van der Waals surface area contributed by atoms with Gasteiger partial charge in [0.05, 0.1) is 16.0 Å². The van der Waals surface area contributed by atoms with Gasteiger partial charge in [0.15, 0.2) is 4.34 Å². The predicted octanol–water partition coefficient (Wildman–Crippen LogP) is 6.44. The molecule has 198 valence electrons. The van der Waals surface area contributed by atoms with Gasteiger partial charge in [-0.3, -0.25) is 25.0 Å². The molecule has 0 bridgehead atoms. The Hall–Kier alpha value is -3.37. The maximum Gasteiger partial charge on any atom is 0.416 e. The Labute approximate surface area is 222 Å². The fourth-order valence-corrected chi connectivity index (χ4v) is 5.40. The van der Waals surface area contributed by atoms with Crippen LogP contribution in [0.4, 0.5) is 36.3 Å². The largest absolute Gasteiger partial charge is 0.416 e. The highest BCUT2D eigenvalue weighted by Crippen LogP contribution is 2.38. The smallest absolute Gasteiger partial charge is 0.296 e. The molecule has 1 aliphatic heterocycles. The number of hydrogen-bond donors (Lipinski definition) is 2. The predicted molar refractivity (Wildman–Crippen MR) is 129 cm³/mol. The molecule has 4 rings (SSSR count). The van der Waals surface area contributed by atoms with Crippen molar-refractivity contribution in [2.75, 3.05) is 5.32 Å². The maximum atomic E-state index is 13.0. The van der Waals surface area contributed by atoms with Gasteiger partial charge in [0.1, 0.15) is 0 Å². The first kappa shape index (κ1) is 27.7. The van der Waals surface area contributed by atoms with E-state index >= 15 is 0 Å². The third kappa shape index (κ3) is 6.93. The molecule has 16 heteroatoms. The highest BCUT2D eigenvalue weighted by molar-refractivity contribution is 8.18.